The van der Waals surface area contributed by atoms with Crippen LogP contribution in [0, 0.1) is 0 Å². The van der Waals surface area contributed by atoms with Crippen molar-refractivity contribution in [3.63, 3.8) is 0 Å². The van der Waals surface area contributed by atoms with Crippen molar-refractivity contribution in [1.82, 2.24) is 9.13 Å². The lowest BCUT2D eigenvalue weighted by atomic mass is 10.3. The molecular formula is C15H12N2O. The average Bonchev–Trinajstić information content (AvgIpc) is 2.83. The van der Waals surface area contributed by atoms with Crippen LogP contribution in [0.15, 0.2) is 77.9 Å². The lowest BCUT2D eigenvalue weighted by Gasteiger charge is -2.01. The summed E-state index contributed by atoms with van der Waals surface area (Å²) in [6, 6.07) is 19.2. The van der Waals surface area contributed by atoms with E-state index in [1.165, 1.54) is 0 Å². The molecule has 18 heavy (non-hydrogen) atoms. The third kappa shape index (κ3) is 1.76. The molecule has 0 saturated carbocycles. The summed E-state index contributed by atoms with van der Waals surface area (Å²) in [5.41, 5.74) is 1.68. The maximum Gasteiger partial charge on any atom is 0.337 e. The number of rotatable bonds is 2. The number of imidazole rings is 1. The van der Waals surface area contributed by atoms with Gasteiger partial charge >= 0.3 is 5.69 Å². The number of aromatic nitrogens is 2. The first-order valence-electron chi connectivity index (χ1n) is 5.77. The van der Waals surface area contributed by atoms with Crippen molar-refractivity contribution in [2.45, 2.75) is 0 Å². The molecule has 1 aromatic heterocycles. The van der Waals surface area contributed by atoms with Gasteiger partial charge < -0.3 is 0 Å². The summed E-state index contributed by atoms with van der Waals surface area (Å²) in [7, 11) is 0. The summed E-state index contributed by atoms with van der Waals surface area (Å²) in [6.07, 6.45) is 3.56. The molecule has 0 aliphatic heterocycles. The second kappa shape index (κ2) is 4.37. The normalized spacial score (nSPS) is 10.4. The van der Waals surface area contributed by atoms with Crippen LogP contribution in [0.4, 0.5) is 0 Å². The second-order valence-electron chi connectivity index (χ2n) is 3.99. The Hall–Kier alpha value is -2.55. The molecule has 0 fully saturated rings. The zero-order valence-electron chi connectivity index (χ0n) is 9.73. The van der Waals surface area contributed by atoms with E-state index in [2.05, 4.69) is 0 Å². The summed E-state index contributed by atoms with van der Waals surface area (Å²) >= 11 is 0. The van der Waals surface area contributed by atoms with Crippen molar-refractivity contribution >= 4 is 0 Å². The third-order valence-corrected chi connectivity index (χ3v) is 2.85. The summed E-state index contributed by atoms with van der Waals surface area (Å²) in [4.78, 5) is 12.3. The Morgan fingerprint density at radius 2 is 1.00 bits per heavy atom. The van der Waals surface area contributed by atoms with Gasteiger partial charge in [-0.05, 0) is 24.3 Å². The first kappa shape index (κ1) is 10.6. The molecule has 1 heterocycles. The molecule has 0 aliphatic carbocycles. The summed E-state index contributed by atoms with van der Waals surface area (Å²) in [6.45, 7) is 0. The largest absolute Gasteiger partial charge is 0.337 e. The Kier molecular flexibility index (Phi) is 2.57. The van der Waals surface area contributed by atoms with E-state index in [1.54, 1.807) is 21.5 Å². The predicted octanol–water partition coefficient (Wildman–Crippen LogP) is 2.63. The highest BCUT2D eigenvalue weighted by molar-refractivity contribution is 5.35. The molecule has 3 rings (SSSR count). The van der Waals surface area contributed by atoms with Crippen LogP contribution in [0.5, 0.6) is 0 Å². The molecule has 0 aliphatic rings. The van der Waals surface area contributed by atoms with Crippen molar-refractivity contribution in [3.8, 4) is 11.4 Å². The van der Waals surface area contributed by atoms with Crippen LogP contribution in [0.2, 0.25) is 0 Å². The molecule has 0 atom stereocenters. The van der Waals surface area contributed by atoms with E-state index in [0.29, 0.717) is 0 Å². The minimum Gasteiger partial charge on any atom is -0.268 e. The van der Waals surface area contributed by atoms with E-state index < -0.39 is 0 Å². The van der Waals surface area contributed by atoms with E-state index in [1.807, 2.05) is 60.7 Å². The molecule has 3 nitrogen and oxygen atoms in total. The molecule has 2 aromatic carbocycles. The zero-order valence-corrected chi connectivity index (χ0v) is 9.73. The number of benzene rings is 2. The van der Waals surface area contributed by atoms with Gasteiger partial charge in [-0.15, -0.1) is 0 Å². The Labute approximate surface area is 105 Å². The van der Waals surface area contributed by atoms with Crippen LogP contribution in [0.3, 0.4) is 0 Å². The highest BCUT2D eigenvalue weighted by atomic mass is 16.1. The molecular weight excluding hydrogens is 224 g/mol. The van der Waals surface area contributed by atoms with Gasteiger partial charge in [0.1, 0.15) is 0 Å². The van der Waals surface area contributed by atoms with E-state index >= 15 is 0 Å². The summed E-state index contributed by atoms with van der Waals surface area (Å²) in [5.74, 6) is 0. The first-order chi connectivity index (χ1) is 8.86. The van der Waals surface area contributed by atoms with Gasteiger partial charge in [0.25, 0.3) is 0 Å². The molecule has 0 bridgehead atoms. The minimum atomic E-state index is -0.0626. The van der Waals surface area contributed by atoms with E-state index in [0.717, 1.165) is 11.4 Å². The molecule has 3 aromatic rings. The van der Waals surface area contributed by atoms with Crippen LogP contribution in [-0.4, -0.2) is 9.13 Å². The van der Waals surface area contributed by atoms with Crippen LogP contribution in [0.1, 0.15) is 0 Å². The molecule has 0 saturated heterocycles. The molecule has 3 heteroatoms. The van der Waals surface area contributed by atoms with Crippen LogP contribution in [-0.2, 0) is 0 Å². The minimum absolute atomic E-state index is 0.0626. The monoisotopic (exact) mass is 236 g/mol. The molecule has 88 valence electrons. The zero-order chi connectivity index (χ0) is 12.4. The topological polar surface area (TPSA) is 26.9 Å². The Bertz CT molecular complexity index is 636. The Morgan fingerprint density at radius 1 is 0.611 bits per heavy atom. The van der Waals surface area contributed by atoms with Crippen LogP contribution in [0.25, 0.3) is 11.4 Å². The standard InChI is InChI=1S/C15H12N2O/c18-15-16(13-7-3-1-4-8-13)11-12-17(15)14-9-5-2-6-10-14/h1-12H. The van der Waals surface area contributed by atoms with E-state index in [-0.39, 0.29) is 5.69 Å². The number of hydrogen-bond donors (Lipinski definition) is 0. The average molecular weight is 236 g/mol. The molecule has 0 N–H and O–H groups in total. The highest BCUT2D eigenvalue weighted by Crippen LogP contribution is 2.07. The van der Waals surface area contributed by atoms with Gasteiger partial charge in [0, 0.05) is 12.4 Å². The Balaban J connectivity index is 2.12. The maximum atomic E-state index is 12.3. The first-order valence-corrected chi connectivity index (χ1v) is 5.77. The number of hydrogen-bond acceptors (Lipinski definition) is 1. The SMILES string of the molecule is O=c1n(-c2ccccc2)ccn1-c1ccccc1. The van der Waals surface area contributed by atoms with Gasteiger partial charge in [0.15, 0.2) is 0 Å². The smallest absolute Gasteiger partial charge is 0.268 e. The van der Waals surface area contributed by atoms with Crippen molar-refractivity contribution in [2.24, 2.45) is 0 Å². The fourth-order valence-electron chi connectivity index (χ4n) is 1.95. The molecule has 0 radical (unpaired) electrons. The van der Waals surface area contributed by atoms with Crippen LogP contribution < -0.4 is 5.69 Å². The van der Waals surface area contributed by atoms with E-state index in [9.17, 15) is 4.79 Å². The van der Waals surface area contributed by atoms with Crippen molar-refractivity contribution in [2.75, 3.05) is 0 Å². The number of para-hydroxylation sites is 2. The fraction of sp³-hybridized carbons (Fsp3) is 0. The van der Waals surface area contributed by atoms with Gasteiger partial charge in [0.2, 0.25) is 0 Å². The van der Waals surface area contributed by atoms with E-state index in [4.69, 9.17) is 0 Å². The summed E-state index contributed by atoms with van der Waals surface area (Å²) < 4.78 is 3.26. The van der Waals surface area contributed by atoms with Crippen molar-refractivity contribution in [1.29, 1.82) is 0 Å². The van der Waals surface area contributed by atoms with Crippen molar-refractivity contribution < 1.29 is 0 Å². The lowest BCUT2D eigenvalue weighted by Crippen LogP contribution is -2.21. The number of nitrogens with zero attached hydrogens (tertiary/aromatic N) is 2. The molecule has 0 amide bonds. The molecule has 0 spiro atoms. The van der Waals surface area contributed by atoms with Gasteiger partial charge in [-0.1, -0.05) is 36.4 Å². The van der Waals surface area contributed by atoms with Crippen LogP contribution >= 0.6 is 0 Å². The molecule has 0 unspecified atom stereocenters. The maximum absolute atomic E-state index is 12.3. The quantitative estimate of drug-likeness (QED) is 0.672. The third-order valence-electron chi connectivity index (χ3n) is 2.85. The fourth-order valence-corrected chi connectivity index (χ4v) is 1.95. The highest BCUT2D eigenvalue weighted by Gasteiger charge is 2.05. The van der Waals surface area contributed by atoms with Gasteiger partial charge in [0.05, 0.1) is 11.4 Å². The second-order valence-corrected chi connectivity index (χ2v) is 3.99. The van der Waals surface area contributed by atoms with Gasteiger partial charge in [-0.25, -0.2) is 4.79 Å². The predicted molar refractivity (Wildman–Crippen MR) is 71.4 cm³/mol. The van der Waals surface area contributed by atoms with Gasteiger partial charge in [-0.2, -0.15) is 0 Å². The lowest BCUT2D eigenvalue weighted by molar-refractivity contribution is 0.909. The van der Waals surface area contributed by atoms with Crippen molar-refractivity contribution in [3.05, 3.63) is 83.5 Å². The Morgan fingerprint density at radius 3 is 1.39 bits per heavy atom. The summed E-state index contributed by atoms with van der Waals surface area (Å²) in [5, 5.41) is 0. The van der Waals surface area contributed by atoms with Gasteiger partial charge in [-0.3, -0.25) is 9.13 Å².